The van der Waals surface area contributed by atoms with Crippen molar-refractivity contribution in [1.82, 2.24) is 15.1 Å². The molecule has 0 saturated carbocycles. The lowest BCUT2D eigenvalue weighted by molar-refractivity contribution is 0.237. The molecule has 0 bridgehead atoms. The van der Waals surface area contributed by atoms with Crippen molar-refractivity contribution in [2.24, 2.45) is 0 Å². The summed E-state index contributed by atoms with van der Waals surface area (Å²) in [7, 11) is 0. The fraction of sp³-hybridized carbons (Fsp3) is 0.692. The van der Waals surface area contributed by atoms with Crippen LogP contribution in [0.3, 0.4) is 0 Å². The number of nitrogens with zero attached hydrogens (tertiary/aromatic N) is 2. The van der Waals surface area contributed by atoms with Gasteiger partial charge in [-0.05, 0) is 33.6 Å². The summed E-state index contributed by atoms with van der Waals surface area (Å²) < 4.78 is 1.80. The van der Waals surface area contributed by atoms with E-state index in [4.69, 9.17) is 5.11 Å². The molecule has 0 saturated heterocycles. The summed E-state index contributed by atoms with van der Waals surface area (Å²) in [6.45, 7) is 8.16. The Kier molecular flexibility index (Phi) is 5.35. The lowest BCUT2D eigenvalue weighted by Gasteiger charge is -2.18. The number of aliphatic hydroxyl groups excluding tert-OH is 1. The largest absolute Gasteiger partial charge is 0.396 e. The number of nitrogens with one attached hydrogen (secondary N) is 2. The molecule has 2 amide bonds. The third-order valence-corrected chi connectivity index (χ3v) is 2.83. The van der Waals surface area contributed by atoms with Gasteiger partial charge in [-0.2, -0.15) is 5.10 Å². The van der Waals surface area contributed by atoms with Crippen LogP contribution in [0.2, 0.25) is 0 Å². The number of hydrogen-bond acceptors (Lipinski definition) is 3. The second kappa shape index (κ2) is 6.56. The van der Waals surface area contributed by atoms with E-state index in [0.717, 1.165) is 6.42 Å². The predicted octanol–water partition coefficient (Wildman–Crippen LogP) is 1.92. The maximum absolute atomic E-state index is 11.8. The molecular formula is C13H24N4O2. The third kappa shape index (κ3) is 4.90. The van der Waals surface area contributed by atoms with Gasteiger partial charge >= 0.3 is 6.03 Å². The smallest absolute Gasteiger partial charge is 0.319 e. The van der Waals surface area contributed by atoms with E-state index in [-0.39, 0.29) is 24.2 Å². The minimum atomic E-state index is -0.270. The van der Waals surface area contributed by atoms with E-state index in [0.29, 0.717) is 12.1 Å². The summed E-state index contributed by atoms with van der Waals surface area (Å²) in [5, 5.41) is 18.6. The van der Waals surface area contributed by atoms with Crippen LogP contribution >= 0.6 is 0 Å². The second-order valence-electron chi connectivity index (χ2n) is 5.56. The van der Waals surface area contributed by atoms with E-state index in [1.807, 2.05) is 27.7 Å². The zero-order valence-corrected chi connectivity index (χ0v) is 12.1. The summed E-state index contributed by atoms with van der Waals surface area (Å²) in [4.78, 5) is 11.8. The van der Waals surface area contributed by atoms with Crippen LogP contribution in [0, 0.1) is 0 Å². The molecule has 1 atom stereocenters. The Morgan fingerprint density at radius 1 is 1.53 bits per heavy atom. The molecule has 0 aliphatic carbocycles. The first-order valence-corrected chi connectivity index (χ1v) is 6.60. The van der Waals surface area contributed by atoms with Crippen molar-refractivity contribution < 1.29 is 9.90 Å². The second-order valence-corrected chi connectivity index (χ2v) is 5.56. The Morgan fingerprint density at radius 2 is 2.21 bits per heavy atom. The molecule has 108 valence electrons. The molecule has 0 aromatic carbocycles. The van der Waals surface area contributed by atoms with Gasteiger partial charge in [0.25, 0.3) is 0 Å². The van der Waals surface area contributed by atoms with Gasteiger partial charge < -0.3 is 15.7 Å². The minimum absolute atomic E-state index is 0.0114. The van der Waals surface area contributed by atoms with E-state index in [9.17, 15) is 4.79 Å². The Balaban J connectivity index is 2.55. The average molecular weight is 268 g/mol. The van der Waals surface area contributed by atoms with Crippen molar-refractivity contribution in [3.05, 3.63) is 12.4 Å². The van der Waals surface area contributed by atoms with E-state index >= 15 is 0 Å². The quantitative estimate of drug-likeness (QED) is 0.763. The molecule has 19 heavy (non-hydrogen) atoms. The van der Waals surface area contributed by atoms with Gasteiger partial charge in [-0.25, -0.2) is 4.79 Å². The van der Waals surface area contributed by atoms with Crippen LogP contribution in [0.4, 0.5) is 10.5 Å². The number of amides is 2. The van der Waals surface area contributed by atoms with Crippen LogP contribution in [0.15, 0.2) is 12.4 Å². The molecule has 1 rings (SSSR count). The van der Waals surface area contributed by atoms with Crippen LogP contribution in [0.25, 0.3) is 0 Å². The van der Waals surface area contributed by atoms with Gasteiger partial charge in [0, 0.05) is 18.8 Å². The molecule has 0 aliphatic heterocycles. The highest BCUT2D eigenvalue weighted by Gasteiger charge is 2.15. The monoisotopic (exact) mass is 268 g/mol. The molecular weight excluding hydrogens is 244 g/mol. The van der Waals surface area contributed by atoms with E-state index < -0.39 is 0 Å². The summed E-state index contributed by atoms with van der Waals surface area (Å²) in [6.07, 6.45) is 4.77. The van der Waals surface area contributed by atoms with Crippen molar-refractivity contribution >= 4 is 11.7 Å². The predicted molar refractivity (Wildman–Crippen MR) is 75.2 cm³/mol. The molecule has 0 radical (unpaired) electrons. The van der Waals surface area contributed by atoms with Gasteiger partial charge in [-0.3, -0.25) is 4.68 Å². The normalized spacial score (nSPS) is 13.1. The van der Waals surface area contributed by atoms with Gasteiger partial charge in [0.05, 0.1) is 17.4 Å². The topological polar surface area (TPSA) is 79.2 Å². The molecule has 1 heterocycles. The van der Waals surface area contributed by atoms with Crippen molar-refractivity contribution in [1.29, 1.82) is 0 Å². The molecule has 1 unspecified atom stereocenters. The number of aliphatic hydroxyl groups is 1. The molecule has 6 heteroatoms. The van der Waals surface area contributed by atoms with Crippen molar-refractivity contribution in [2.45, 2.75) is 52.1 Å². The van der Waals surface area contributed by atoms with Crippen LogP contribution in [-0.2, 0) is 5.54 Å². The minimum Gasteiger partial charge on any atom is -0.396 e. The lowest BCUT2D eigenvalue weighted by atomic mass is 10.1. The van der Waals surface area contributed by atoms with Gasteiger partial charge in [0.15, 0.2) is 0 Å². The molecule has 3 N–H and O–H groups in total. The Hall–Kier alpha value is -1.56. The number of rotatable bonds is 5. The van der Waals surface area contributed by atoms with E-state index in [1.165, 1.54) is 0 Å². The number of carbonyl (C=O) groups excluding carboxylic acids is 1. The maximum atomic E-state index is 11.8. The maximum Gasteiger partial charge on any atom is 0.319 e. The van der Waals surface area contributed by atoms with E-state index in [2.05, 4.69) is 15.7 Å². The molecule has 1 aromatic heterocycles. The first kappa shape index (κ1) is 15.5. The summed E-state index contributed by atoms with van der Waals surface area (Å²) in [5.74, 6) is 0. The van der Waals surface area contributed by atoms with Crippen molar-refractivity contribution in [3.8, 4) is 0 Å². The summed E-state index contributed by atoms with van der Waals surface area (Å²) >= 11 is 0. The van der Waals surface area contributed by atoms with Crippen LogP contribution < -0.4 is 10.6 Å². The average Bonchev–Trinajstić information content (AvgIpc) is 2.76. The van der Waals surface area contributed by atoms with Gasteiger partial charge in [-0.15, -0.1) is 0 Å². The Bertz CT molecular complexity index is 409. The highest BCUT2D eigenvalue weighted by molar-refractivity contribution is 5.89. The molecule has 6 nitrogen and oxygen atoms in total. The SMILES string of the molecule is CCC(CCO)NC(=O)Nc1cnn(C(C)(C)C)c1. The Morgan fingerprint density at radius 3 is 2.68 bits per heavy atom. The highest BCUT2D eigenvalue weighted by atomic mass is 16.3. The number of carbonyl (C=O) groups is 1. The van der Waals surface area contributed by atoms with Gasteiger partial charge in [0.1, 0.15) is 0 Å². The molecule has 0 fully saturated rings. The zero-order chi connectivity index (χ0) is 14.5. The van der Waals surface area contributed by atoms with E-state index in [1.54, 1.807) is 17.1 Å². The number of hydrogen-bond donors (Lipinski definition) is 3. The van der Waals surface area contributed by atoms with Gasteiger partial charge in [-0.1, -0.05) is 6.92 Å². The van der Waals surface area contributed by atoms with Crippen molar-refractivity contribution in [3.63, 3.8) is 0 Å². The number of aromatic nitrogens is 2. The first-order valence-electron chi connectivity index (χ1n) is 6.60. The summed E-state index contributed by atoms with van der Waals surface area (Å²) in [5.41, 5.74) is 0.547. The standard InChI is InChI=1S/C13H24N4O2/c1-5-10(6-7-18)15-12(19)16-11-8-14-17(9-11)13(2,3)4/h8-10,18H,5-7H2,1-4H3,(H2,15,16,19). The molecule has 0 aliphatic rings. The highest BCUT2D eigenvalue weighted by Crippen LogP contribution is 2.15. The number of urea groups is 1. The lowest BCUT2D eigenvalue weighted by Crippen LogP contribution is -2.38. The molecule has 0 spiro atoms. The summed E-state index contributed by atoms with van der Waals surface area (Å²) in [6, 6.07) is -0.281. The fourth-order valence-corrected chi connectivity index (χ4v) is 1.64. The van der Waals surface area contributed by atoms with Crippen LogP contribution in [-0.4, -0.2) is 33.6 Å². The van der Waals surface area contributed by atoms with Crippen LogP contribution in [0.5, 0.6) is 0 Å². The zero-order valence-electron chi connectivity index (χ0n) is 12.1. The van der Waals surface area contributed by atoms with Gasteiger partial charge in [0.2, 0.25) is 0 Å². The third-order valence-electron chi connectivity index (χ3n) is 2.83. The fourth-order valence-electron chi connectivity index (χ4n) is 1.64. The Labute approximate surface area is 114 Å². The number of anilines is 1. The van der Waals surface area contributed by atoms with Crippen LogP contribution in [0.1, 0.15) is 40.5 Å². The first-order chi connectivity index (χ1) is 8.86. The molecule has 1 aromatic rings. The van der Waals surface area contributed by atoms with Crippen molar-refractivity contribution in [2.75, 3.05) is 11.9 Å².